The van der Waals surface area contributed by atoms with Crippen LogP contribution < -0.4 is 0 Å². The minimum absolute atomic E-state index is 0.401. The maximum Gasteiger partial charge on any atom is 0.0393 e. The van der Waals surface area contributed by atoms with Crippen molar-refractivity contribution in [1.29, 1.82) is 0 Å². The highest BCUT2D eigenvalue weighted by atomic mass is 32.1. The number of benzene rings is 4. The van der Waals surface area contributed by atoms with Crippen LogP contribution in [-0.2, 0) is 12.8 Å². The monoisotopic (exact) mass is 702 g/mol. The topological polar surface area (TPSA) is 0 Å². The number of thiophene rings is 1. The molecule has 0 spiro atoms. The first-order valence-electron chi connectivity index (χ1n) is 20.2. The molecule has 6 aliphatic carbocycles. The standard InChI is InChI=1S/C52H46S/c1-31-12-11-20-43-48(31)51(38-25-23-34-14-4-6-16-36(34)28-38)49-32(2)26-39(29-46(49)50(43)37-24-22-33-13-3-5-15-35(33)27-37)44-30-45-41-18-9-10-21-47(41)53-52(45)42-19-8-7-17-40(42)44/h3-4,7,9-11,13-14,17-18,20-25,27,29-32,36H,5-6,8,12,15-16,19,26,28H2,1-2H3. The lowest BCUT2D eigenvalue weighted by molar-refractivity contribution is 0.571. The Morgan fingerprint density at radius 3 is 2.47 bits per heavy atom. The number of rotatable bonds is 3. The molecule has 4 aromatic carbocycles. The first-order valence-corrected chi connectivity index (χ1v) is 21.0. The van der Waals surface area contributed by atoms with Gasteiger partial charge in [-0.1, -0.05) is 117 Å². The van der Waals surface area contributed by atoms with Gasteiger partial charge in [0, 0.05) is 20.2 Å². The van der Waals surface area contributed by atoms with Gasteiger partial charge >= 0.3 is 0 Å². The third-order valence-corrected chi connectivity index (χ3v) is 14.5. The Labute approximate surface area is 318 Å². The van der Waals surface area contributed by atoms with Crippen LogP contribution in [0, 0.1) is 5.92 Å². The lowest BCUT2D eigenvalue weighted by Gasteiger charge is -2.37. The van der Waals surface area contributed by atoms with Crippen molar-refractivity contribution in [3.05, 3.63) is 152 Å². The van der Waals surface area contributed by atoms with Crippen molar-refractivity contribution in [1.82, 2.24) is 0 Å². The summed E-state index contributed by atoms with van der Waals surface area (Å²) in [6, 6.07) is 19.0. The Morgan fingerprint density at radius 1 is 0.660 bits per heavy atom. The smallest absolute Gasteiger partial charge is 0.0393 e. The van der Waals surface area contributed by atoms with Gasteiger partial charge in [-0.2, -0.15) is 0 Å². The molecule has 6 aliphatic rings. The van der Waals surface area contributed by atoms with Crippen LogP contribution >= 0.6 is 11.3 Å². The molecule has 0 N–H and O–H groups in total. The third-order valence-electron chi connectivity index (χ3n) is 13.3. The van der Waals surface area contributed by atoms with Crippen molar-refractivity contribution >= 4 is 67.0 Å². The number of allylic oxidation sites excluding steroid dienone is 10. The van der Waals surface area contributed by atoms with E-state index in [1.54, 1.807) is 27.8 Å². The van der Waals surface area contributed by atoms with E-state index in [1.165, 1.54) is 88.7 Å². The van der Waals surface area contributed by atoms with Crippen LogP contribution in [0.1, 0.15) is 126 Å². The second-order valence-electron chi connectivity index (χ2n) is 16.5. The second kappa shape index (κ2) is 12.4. The average Bonchev–Trinajstić information content (AvgIpc) is 3.58. The van der Waals surface area contributed by atoms with E-state index in [1.807, 2.05) is 11.3 Å². The Morgan fingerprint density at radius 2 is 1.51 bits per heavy atom. The highest BCUT2D eigenvalue weighted by Gasteiger charge is 2.35. The van der Waals surface area contributed by atoms with Gasteiger partial charge in [0.25, 0.3) is 0 Å². The Balaban J connectivity index is 1.22. The molecule has 0 radical (unpaired) electrons. The highest BCUT2D eigenvalue weighted by Crippen LogP contribution is 2.54. The van der Waals surface area contributed by atoms with E-state index >= 15 is 0 Å². The summed E-state index contributed by atoms with van der Waals surface area (Å²) in [4.78, 5) is 0. The summed E-state index contributed by atoms with van der Waals surface area (Å²) in [7, 11) is 0. The Hall–Kier alpha value is -4.72. The van der Waals surface area contributed by atoms with Gasteiger partial charge in [-0.15, -0.1) is 11.3 Å². The zero-order chi connectivity index (χ0) is 35.2. The van der Waals surface area contributed by atoms with Crippen molar-refractivity contribution < 1.29 is 0 Å². The molecule has 0 fully saturated rings. The van der Waals surface area contributed by atoms with E-state index in [4.69, 9.17) is 0 Å². The van der Waals surface area contributed by atoms with Gasteiger partial charge in [0.05, 0.1) is 0 Å². The number of hydrogen-bond acceptors (Lipinski definition) is 1. The van der Waals surface area contributed by atoms with Gasteiger partial charge in [-0.3, -0.25) is 0 Å². The molecule has 1 heteroatoms. The number of aryl methyl sites for hydroxylation is 2. The van der Waals surface area contributed by atoms with E-state index < -0.39 is 0 Å². The molecule has 11 rings (SSSR count). The number of hydrogen-bond donors (Lipinski definition) is 0. The second-order valence-corrected chi connectivity index (χ2v) is 17.6. The maximum atomic E-state index is 2.67. The Kier molecular flexibility index (Phi) is 7.45. The zero-order valence-electron chi connectivity index (χ0n) is 31.0. The van der Waals surface area contributed by atoms with Crippen LogP contribution in [0.5, 0.6) is 0 Å². The predicted molar refractivity (Wildman–Crippen MR) is 231 cm³/mol. The summed E-state index contributed by atoms with van der Waals surface area (Å²) in [5.74, 6) is 1.51. The average molecular weight is 703 g/mol. The van der Waals surface area contributed by atoms with Crippen LogP contribution in [0.2, 0.25) is 0 Å². The molecular formula is C52H46S. The van der Waals surface area contributed by atoms with Crippen molar-refractivity contribution in [3.8, 4) is 11.1 Å². The molecule has 53 heavy (non-hydrogen) atoms. The summed E-state index contributed by atoms with van der Waals surface area (Å²) in [6.45, 7) is 5.03. The molecule has 1 aromatic heterocycles. The molecule has 0 nitrogen and oxygen atoms in total. The summed E-state index contributed by atoms with van der Waals surface area (Å²) in [5.41, 5.74) is 22.5. The van der Waals surface area contributed by atoms with E-state index in [0.717, 1.165) is 44.9 Å². The summed E-state index contributed by atoms with van der Waals surface area (Å²) >= 11 is 1.99. The van der Waals surface area contributed by atoms with E-state index in [-0.39, 0.29) is 0 Å². The largest absolute Gasteiger partial charge is 0.135 e. The Bertz CT molecular complexity index is 2620. The summed E-state index contributed by atoms with van der Waals surface area (Å²) < 4.78 is 2.90. The number of fused-ring (bicyclic) bond motifs is 9. The van der Waals surface area contributed by atoms with Gasteiger partial charge < -0.3 is 0 Å². The highest BCUT2D eigenvalue weighted by molar-refractivity contribution is 7.26. The fourth-order valence-electron chi connectivity index (χ4n) is 10.8. The lowest BCUT2D eigenvalue weighted by Crippen LogP contribution is -2.19. The van der Waals surface area contributed by atoms with Gasteiger partial charge in [-0.25, -0.2) is 0 Å². The minimum Gasteiger partial charge on any atom is -0.135 e. The zero-order valence-corrected chi connectivity index (χ0v) is 31.8. The molecule has 0 bridgehead atoms. The summed E-state index contributed by atoms with van der Waals surface area (Å²) in [5, 5.41) is 2.85. The molecule has 0 saturated carbocycles. The maximum absolute atomic E-state index is 2.67. The predicted octanol–water partition coefficient (Wildman–Crippen LogP) is 14.9. The van der Waals surface area contributed by atoms with Gasteiger partial charge in [0.1, 0.15) is 0 Å². The van der Waals surface area contributed by atoms with Gasteiger partial charge in [0.15, 0.2) is 0 Å². The quantitative estimate of drug-likeness (QED) is 0.176. The molecule has 1 heterocycles. The molecule has 260 valence electrons. The molecule has 0 saturated heterocycles. The van der Waals surface area contributed by atoms with Crippen molar-refractivity contribution in [2.45, 2.75) is 83.5 Å². The van der Waals surface area contributed by atoms with Crippen LogP contribution in [-0.4, -0.2) is 0 Å². The minimum atomic E-state index is 0.401. The summed E-state index contributed by atoms with van der Waals surface area (Å²) in [6.07, 6.45) is 37.2. The normalized spacial score (nSPS) is 22.5. The molecule has 5 aromatic rings. The fourth-order valence-corrected chi connectivity index (χ4v) is 12.1. The van der Waals surface area contributed by atoms with Crippen LogP contribution in [0.25, 0.3) is 66.7 Å². The van der Waals surface area contributed by atoms with Gasteiger partial charge in [-0.05, 0) is 171 Å². The first kappa shape index (κ1) is 31.8. The third kappa shape index (κ3) is 5.00. The molecule has 0 aliphatic heterocycles. The van der Waals surface area contributed by atoms with Crippen molar-refractivity contribution in [2.75, 3.05) is 0 Å². The van der Waals surface area contributed by atoms with E-state index in [9.17, 15) is 0 Å². The molecule has 3 unspecified atom stereocenters. The fraction of sp³-hybridized carbons (Fsp3) is 0.269. The van der Waals surface area contributed by atoms with Crippen LogP contribution in [0.15, 0.2) is 96.6 Å². The molecule has 3 atom stereocenters. The lowest BCUT2D eigenvalue weighted by atomic mass is 9.67. The van der Waals surface area contributed by atoms with Crippen LogP contribution in [0.3, 0.4) is 0 Å². The molecule has 0 amide bonds. The SMILES string of the molecule is CC1CC=Cc2c(-c3ccc4c(c3)CCC=C4)c3c(c(C4=CC=C5C=CCCC5C4)c21)C(C)CC(c1cc2c(sc4ccccc42)c2c1C=CCC2)=C3. The first-order chi connectivity index (χ1) is 26.1. The van der Waals surface area contributed by atoms with Crippen LogP contribution in [0.4, 0.5) is 0 Å². The van der Waals surface area contributed by atoms with E-state index in [0.29, 0.717) is 17.8 Å². The van der Waals surface area contributed by atoms with Gasteiger partial charge in [0.2, 0.25) is 0 Å². The van der Waals surface area contributed by atoms with Crippen molar-refractivity contribution in [3.63, 3.8) is 0 Å². The van der Waals surface area contributed by atoms with Crippen molar-refractivity contribution in [2.24, 2.45) is 5.92 Å². The van der Waals surface area contributed by atoms with E-state index in [2.05, 4.69) is 129 Å². The molecular weight excluding hydrogens is 657 g/mol.